The molecule has 0 amide bonds. The molecule has 130 valence electrons. The van der Waals surface area contributed by atoms with Crippen molar-refractivity contribution in [1.82, 2.24) is 0 Å². The molecular formula is C19H16Cl2O4. The summed E-state index contributed by atoms with van der Waals surface area (Å²) in [4.78, 5) is 11.2. The summed E-state index contributed by atoms with van der Waals surface area (Å²) in [7, 11) is 0. The highest BCUT2D eigenvalue weighted by atomic mass is 35.5. The molecule has 1 unspecified atom stereocenters. The third-order valence-electron chi connectivity index (χ3n) is 4.14. The molecule has 0 aliphatic heterocycles. The van der Waals surface area contributed by atoms with E-state index in [1.165, 1.54) is 6.26 Å². The number of ether oxygens (including phenoxy) is 1. The second kappa shape index (κ2) is 6.98. The summed E-state index contributed by atoms with van der Waals surface area (Å²) >= 11 is 12.1. The van der Waals surface area contributed by atoms with Crippen molar-refractivity contribution in [2.45, 2.75) is 26.4 Å². The van der Waals surface area contributed by atoms with Crippen LogP contribution in [-0.4, -0.2) is 11.1 Å². The van der Waals surface area contributed by atoms with E-state index in [4.69, 9.17) is 32.4 Å². The fourth-order valence-electron chi connectivity index (χ4n) is 2.60. The first-order valence-corrected chi connectivity index (χ1v) is 8.43. The number of aliphatic carboxylic acids is 1. The fourth-order valence-corrected chi connectivity index (χ4v) is 3.06. The minimum Gasteiger partial charge on any atom is -0.488 e. The zero-order valence-corrected chi connectivity index (χ0v) is 15.2. The largest absolute Gasteiger partial charge is 0.488 e. The maximum absolute atomic E-state index is 11.2. The Hall–Kier alpha value is -2.17. The first kappa shape index (κ1) is 17.6. The number of benzene rings is 2. The smallest absolute Gasteiger partial charge is 0.310 e. The van der Waals surface area contributed by atoms with E-state index in [0.29, 0.717) is 33.5 Å². The molecule has 0 saturated carbocycles. The van der Waals surface area contributed by atoms with E-state index in [0.717, 1.165) is 16.5 Å². The molecule has 1 heterocycles. The van der Waals surface area contributed by atoms with Crippen LogP contribution in [0, 0.1) is 6.92 Å². The van der Waals surface area contributed by atoms with E-state index < -0.39 is 11.9 Å². The predicted octanol–water partition coefficient (Wildman–Crippen LogP) is 5.82. The highest BCUT2D eigenvalue weighted by Crippen LogP contribution is 2.33. The molecule has 6 heteroatoms. The van der Waals surface area contributed by atoms with Crippen molar-refractivity contribution in [3.63, 3.8) is 0 Å². The zero-order valence-electron chi connectivity index (χ0n) is 13.7. The van der Waals surface area contributed by atoms with Crippen molar-refractivity contribution >= 4 is 40.1 Å². The van der Waals surface area contributed by atoms with Gasteiger partial charge in [-0.15, -0.1) is 0 Å². The second-order valence-corrected chi connectivity index (χ2v) is 6.73. The molecule has 0 aliphatic carbocycles. The number of aryl methyl sites for hydroxylation is 1. The van der Waals surface area contributed by atoms with Crippen molar-refractivity contribution in [2.24, 2.45) is 0 Å². The topological polar surface area (TPSA) is 59.7 Å². The van der Waals surface area contributed by atoms with Gasteiger partial charge in [-0.3, -0.25) is 4.79 Å². The Morgan fingerprint density at radius 1 is 1.28 bits per heavy atom. The molecule has 0 fully saturated rings. The van der Waals surface area contributed by atoms with Gasteiger partial charge in [-0.05, 0) is 37.6 Å². The predicted molar refractivity (Wildman–Crippen MR) is 97.8 cm³/mol. The molecule has 0 bridgehead atoms. The van der Waals surface area contributed by atoms with Crippen molar-refractivity contribution in [1.29, 1.82) is 0 Å². The summed E-state index contributed by atoms with van der Waals surface area (Å²) < 4.78 is 11.4. The Balaban J connectivity index is 1.88. The van der Waals surface area contributed by atoms with Gasteiger partial charge in [-0.25, -0.2) is 0 Å². The third-order valence-corrected chi connectivity index (χ3v) is 4.72. The number of furan rings is 1. The SMILES string of the molecule is Cc1cc2c(C(C)C(=O)O)coc2cc1OCc1ccc(Cl)cc1Cl. The van der Waals surface area contributed by atoms with Crippen LogP contribution < -0.4 is 4.74 Å². The third kappa shape index (κ3) is 3.60. The minimum absolute atomic E-state index is 0.293. The molecule has 0 saturated heterocycles. The molecular weight excluding hydrogens is 363 g/mol. The van der Waals surface area contributed by atoms with Crippen LogP contribution in [0.1, 0.15) is 29.5 Å². The van der Waals surface area contributed by atoms with Crippen LogP contribution in [0.15, 0.2) is 41.0 Å². The van der Waals surface area contributed by atoms with Crippen molar-refractivity contribution in [3.8, 4) is 5.75 Å². The number of hydrogen-bond acceptors (Lipinski definition) is 3. The molecule has 4 nitrogen and oxygen atoms in total. The highest BCUT2D eigenvalue weighted by molar-refractivity contribution is 6.35. The molecule has 2 aromatic carbocycles. The Kier molecular flexibility index (Phi) is 4.93. The van der Waals surface area contributed by atoms with E-state index in [-0.39, 0.29) is 0 Å². The number of fused-ring (bicyclic) bond motifs is 1. The minimum atomic E-state index is -0.891. The van der Waals surface area contributed by atoms with Crippen LogP contribution in [0.3, 0.4) is 0 Å². The van der Waals surface area contributed by atoms with Gasteiger partial charge in [0.15, 0.2) is 0 Å². The molecule has 0 aliphatic rings. The summed E-state index contributed by atoms with van der Waals surface area (Å²) in [6, 6.07) is 8.90. The van der Waals surface area contributed by atoms with Crippen molar-refractivity contribution < 1.29 is 19.1 Å². The number of carboxylic acids is 1. The van der Waals surface area contributed by atoms with E-state index in [1.807, 2.05) is 19.1 Å². The summed E-state index contributed by atoms with van der Waals surface area (Å²) in [5.74, 6) is -0.874. The summed E-state index contributed by atoms with van der Waals surface area (Å²) in [5, 5.41) is 11.1. The van der Waals surface area contributed by atoms with Gasteiger partial charge < -0.3 is 14.3 Å². The molecule has 3 aromatic rings. The highest BCUT2D eigenvalue weighted by Gasteiger charge is 2.20. The Morgan fingerprint density at radius 2 is 2.04 bits per heavy atom. The molecule has 1 atom stereocenters. The number of hydrogen-bond donors (Lipinski definition) is 1. The molecule has 1 N–H and O–H groups in total. The van der Waals surface area contributed by atoms with Gasteiger partial charge >= 0.3 is 5.97 Å². The summed E-state index contributed by atoms with van der Waals surface area (Å²) in [6.07, 6.45) is 1.49. The van der Waals surface area contributed by atoms with Crippen LogP contribution >= 0.6 is 23.2 Å². The Morgan fingerprint density at radius 3 is 2.72 bits per heavy atom. The van der Waals surface area contributed by atoms with Gasteiger partial charge in [0, 0.05) is 32.6 Å². The summed E-state index contributed by atoms with van der Waals surface area (Å²) in [5.41, 5.74) is 2.95. The van der Waals surface area contributed by atoms with E-state index in [2.05, 4.69) is 0 Å². The van der Waals surface area contributed by atoms with Gasteiger partial charge in [-0.1, -0.05) is 29.3 Å². The lowest BCUT2D eigenvalue weighted by molar-refractivity contribution is -0.138. The van der Waals surface area contributed by atoms with Crippen molar-refractivity contribution in [3.05, 3.63) is 63.3 Å². The van der Waals surface area contributed by atoms with Crippen LogP contribution in [0.2, 0.25) is 10.0 Å². The van der Waals surface area contributed by atoms with E-state index in [1.54, 1.807) is 25.1 Å². The normalized spacial score (nSPS) is 12.3. The lowest BCUT2D eigenvalue weighted by Gasteiger charge is -2.11. The zero-order chi connectivity index (χ0) is 18.1. The maximum Gasteiger partial charge on any atom is 0.310 e. The Bertz CT molecular complexity index is 946. The first-order chi connectivity index (χ1) is 11.9. The van der Waals surface area contributed by atoms with Gasteiger partial charge in [0.25, 0.3) is 0 Å². The number of rotatable bonds is 5. The van der Waals surface area contributed by atoms with Gasteiger partial charge in [-0.2, -0.15) is 0 Å². The number of carboxylic acid groups (broad SMARTS) is 1. The average molecular weight is 379 g/mol. The Labute approximate surface area is 154 Å². The van der Waals surface area contributed by atoms with E-state index >= 15 is 0 Å². The number of halogens is 2. The molecule has 3 rings (SSSR count). The van der Waals surface area contributed by atoms with Crippen LogP contribution in [0.25, 0.3) is 11.0 Å². The monoisotopic (exact) mass is 378 g/mol. The second-order valence-electron chi connectivity index (χ2n) is 5.89. The van der Waals surface area contributed by atoms with Gasteiger partial charge in [0.1, 0.15) is 17.9 Å². The maximum atomic E-state index is 11.2. The quantitative estimate of drug-likeness (QED) is 0.607. The van der Waals surface area contributed by atoms with Crippen molar-refractivity contribution in [2.75, 3.05) is 0 Å². The molecule has 0 spiro atoms. The van der Waals surface area contributed by atoms with Crippen LogP contribution in [-0.2, 0) is 11.4 Å². The van der Waals surface area contributed by atoms with Crippen LogP contribution in [0.5, 0.6) is 5.75 Å². The van der Waals surface area contributed by atoms with Gasteiger partial charge in [0.2, 0.25) is 0 Å². The number of carbonyl (C=O) groups is 1. The lowest BCUT2D eigenvalue weighted by atomic mass is 9.99. The molecule has 1 aromatic heterocycles. The lowest BCUT2D eigenvalue weighted by Crippen LogP contribution is -2.06. The molecule has 25 heavy (non-hydrogen) atoms. The fraction of sp³-hybridized carbons (Fsp3) is 0.211. The van der Waals surface area contributed by atoms with E-state index in [9.17, 15) is 9.90 Å². The van der Waals surface area contributed by atoms with Crippen LogP contribution in [0.4, 0.5) is 0 Å². The first-order valence-electron chi connectivity index (χ1n) is 7.68. The average Bonchev–Trinajstić information content (AvgIpc) is 2.95. The summed E-state index contributed by atoms with van der Waals surface area (Å²) in [6.45, 7) is 3.83. The molecule has 0 radical (unpaired) electrons. The van der Waals surface area contributed by atoms with Gasteiger partial charge in [0.05, 0.1) is 12.2 Å². The standard InChI is InChI=1S/C19H16Cl2O4/c1-10-5-14-15(11(2)19(22)23)9-25-18(14)7-17(10)24-8-12-3-4-13(20)6-16(12)21/h3-7,9,11H,8H2,1-2H3,(H,22,23).